The number of nitrogens with zero attached hydrogens (tertiary/aromatic N) is 2. The number of nitrogens with one attached hydrogen (secondary N) is 1. The predicted octanol–water partition coefficient (Wildman–Crippen LogP) is -0.182. The number of imidazole rings is 1. The third kappa shape index (κ3) is 2.71. The third-order valence-corrected chi connectivity index (χ3v) is 2.67. The molecule has 0 saturated carbocycles. The Labute approximate surface area is 108 Å². The number of pyridine rings is 1. The topological polar surface area (TPSA) is 104 Å². The summed E-state index contributed by atoms with van der Waals surface area (Å²) in [7, 11) is 0. The van der Waals surface area contributed by atoms with Crippen molar-refractivity contribution < 1.29 is 19.8 Å². The monoisotopic (exact) mass is 263 g/mol. The highest BCUT2D eigenvalue weighted by Gasteiger charge is 2.16. The van der Waals surface area contributed by atoms with Gasteiger partial charge in [-0.1, -0.05) is 6.07 Å². The van der Waals surface area contributed by atoms with Crippen LogP contribution in [-0.4, -0.2) is 44.1 Å². The number of carboxylic acid groups (broad SMARTS) is 1. The molecule has 100 valence electrons. The van der Waals surface area contributed by atoms with Gasteiger partial charge in [-0.05, 0) is 19.1 Å². The van der Waals surface area contributed by atoms with Crippen LogP contribution in [0.15, 0.2) is 24.4 Å². The lowest BCUT2D eigenvalue weighted by Gasteiger charge is -2.05. The second-order valence-corrected chi connectivity index (χ2v) is 4.09. The summed E-state index contributed by atoms with van der Waals surface area (Å²) in [4.78, 5) is 26.3. The van der Waals surface area contributed by atoms with Crippen molar-refractivity contribution in [1.29, 1.82) is 0 Å². The molecule has 2 heterocycles. The van der Waals surface area contributed by atoms with Crippen LogP contribution >= 0.6 is 0 Å². The van der Waals surface area contributed by atoms with Crippen LogP contribution in [0.4, 0.5) is 0 Å². The maximum atomic E-state index is 11.8. The largest absolute Gasteiger partial charge is 0.479 e. The Bertz CT molecular complexity index is 635. The zero-order chi connectivity index (χ0) is 14.0. The summed E-state index contributed by atoms with van der Waals surface area (Å²) in [5, 5.41) is 19.9. The van der Waals surface area contributed by atoms with E-state index in [2.05, 4.69) is 10.3 Å². The van der Waals surface area contributed by atoms with Gasteiger partial charge in [-0.25, -0.2) is 9.78 Å². The molecule has 3 N–H and O–H groups in total. The minimum absolute atomic E-state index is 0.173. The van der Waals surface area contributed by atoms with Crippen LogP contribution < -0.4 is 5.32 Å². The number of amides is 1. The molecule has 2 aromatic rings. The fourth-order valence-corrected chi connectivity index (χ4v) is 1.63. The van der Waals surface area contributed by atoms with E-state index in [0.717, 1.165) is 5.69 Å². The first-order chi connectivity index (χ1) is 8.99. The molecule has 2 rings (SSSR count). The van der Waals surface area contributed by atoms with Crippen molar-refractivity contribution in [1.82, 2.24) is 14.7 Å². The smallest absolute Gasteiger partial charge is 0.334 e. The third-order valence-electron chi connectivity index (χ3n) is 2.67. The minimum Gasteiger partial charge on any atom is -0.479 e. The van der Waals surface area contributed by atoms with E-state index in [4.69, 9.17) is 10.2 Å². The van der Waals surface area contributed by atoms with Crippen LogP contribution in [0.1, 0.15) is 16.2 Å². The highest BCUT2D eigenvalue weighted by atomic mass is 16.4. The number of hydrogen-bond donors (Lipinski definition) is 3. The maximum absolute atomic E-state index is 11.8. The standard InChI is InChI=1S/C12H13N3O4/c1-7-3-2-4-10-14-8(6-15(7)10)11(17)13-5-9(16)12(18)19/h2-4,6,9,16H,5H2,1H3,(H,13,17)(H,18,19)/t9-/m0/s1. The van der Waals surface area contributed by atoms with Gasteiger partial charge in [0.15, 0.2) is 6.10 Å². The maximum Gasteiger partial charge on any atom is 0.334 e. The zero-order valence-electron chi connectivity index (χ0n) is 10.2. The normalized spacial score (nSPS) is 12.3. The van der Waals surface area contributed by atoms with Crippen molar-refractivity contribution in [2.24, 2.45) is 0 Å². The average molecular weight is 263 g/mol. The lowest BCUT2D eigenvalue weighted by Crippen LogP contribution is -2.36. The molecule has 0 fully saturated rings. The molecule has 0 aliphatic rings. The van der Waals surface area contributed by atoms with E-state index in [0.29, 0.717) is 5.65 Å². The number of aryl methyl sites for hydroxylation is 1. The first-order valence-corrected chi connectivity index (χ1v) is 5.63. The van der Waals surface area contributed by atoms with E-state index < -0.39 is 18.0 Å². The van der Waals surface area contributed by atoms with Crippen molar-refractivity contribution in [3.63, 3.8) is 0 Å². The molecular formula is C12H13N3O4. The van der Waals surface area contributed by atoms with Crippen molar-refractivity contribution in [3.05, 3.63) is 35.8 Å². The van der Waals surface area contributed by atoms with Crippen LogP contribution in [0.3, 0.4) is 0 Å². The quantitative estimate of drug-likeness (QED) is 0.709. The summed E-state index contributed by atoms with van der Waals surface area (Å²) in [6.45, 7) is 1.52. The summed E-state index contributed by atoms with van der Waals surface area (Å²) in [5.74, 6) is -1.91. The molecule has 0 unspecified atom stereocenters. The molecule has 19 heavy (non-hydrogen) atoms. The van der Waals surface area contributed by atoms with Gasteiger partial charge in [0, 0.05) is 11.9 Å². The Morgan fingerprint density at radius 1 is 1.47 bits per heavy atom. The molecule has 0 aliphatic carbocycles. The summed E-state index contributed by atoms with van der Waals surface area (Å²) in [6.07, 6.45) is -0.0598. The Morgan fingerprint density at radius 3 is 2.84 bits per heavy atom. The second-order valence-electron chi connectivity index (χ2n) is 4.09. The molecule has 0 saturated heterocycles. The number of fused-ring (bicyclic) bond motifs is 1. The van der Waals surface area contributed by atoms with Gasteiger partial charge in [0.2, 0.25) is 0 Å². The molecule has 1 atom stereocenters. The van der Waals surface area contributed by atoms with Gasteiger partial charge in [-0.3, -0.25) is 4.79 Å². The number of aliphatic hydroxyl groups is 1. The number of rotatable bonds is 4. The van der Waals surface area contributed by atoms with Crippen LogP contribution in [0.25, 0.3) is 5.65 Å². The van der Waals surface area contributed by atoms with Gasteiger partial charge in [0.25, 0.3) is 5.91 Å². The van der Waals surface area contributed by atoms with Gasteiger partial charge in [0.05, 0.1) is 6.54 Å². The number of hydrogen-bond acceptors (Lipinski definition) is 4. The highest BCUT2D eigenvalue weighted by molar-refractivity contribution is 5.93. The molecule has 0 aliphatic heterocycles. The van der Waals surface area contributed by atoms with E-state index in [1.165, 1.54) is 0 Å². The fourth-order valence-electron chi connectivity index (χ4n) is 1.63. The first kappa shape index (κ1) is 13.0. The number of carbonyl (C=O) groups excluding carboxylic acids is 1. The van der Waals surface area contributed by atoms with Crippen molar-refractivity contribution in [2.45, 2.75) is 13.0 Å². The molecule has 0 spiro atoms. The lowest BCUT2D eigenvalue weighted by molar-refractivity contribution is -0.146. The van der Waals surface area contributed by atoms with Gasteiger partial charge in [0.1, 0.15) is 11.3 Å². The van der Waals surface area contributed by atoms with Crippen LogP contribution in [0.5, 0.6) is 0 Å². The van der Waals surface area contributed by atoms with Crippen molar-refractivity contribution in [3.8, 4) is 0 Å². The summed E-state index contributed by atoms with van der Waals surface area (Å²) < 4.78 is 1.75. The Kier molecular flexibility index (Phi) is 3.48. The van der Waals surface area contributed by atoms with Gasteiger partial charge < -0.3 is 19.9 Å². The SMILES string of the molecule is Cc1cccc2nc(C(=O)NC[C@H](O)C(=O)O)cn12. The molecule has 7 heteroatoms. The Balaban J connectivity index is 2.14. The van der Waals surface area contributed by atoms with E-state index in [1.54, 1.807) is 16.7 Å². The summed E-state index contributed by atoms with van der Waals surface area (Å²) in [5.41, 5.74) is 1.73. The number of carbonyl (C=O) groups is 2. The Morgan fingerprint density at radius 2 is 2.21 bits per heavy atom. The minimum atomic E-state index is -1.62. The predicted molar refractivity (Wildman–Crippen MR) is 65.9 cm³/mol. The highest BCUT2D eigenvalue weighted by Crippen LogP contribution is 2.08. The molecule has 0 bridgehead atoms. The van der Waals surface area contributed by atoms with E-state index in [9.17, 15) is 9.59 Å². The van der Waals surface area contributed by atoms with Crippen molar-refractivity contribution in [2.75, 3.05) is 6.54 Å². The van der Waals surface area contributed by atoms with Crippen molar-refractivity contribution >= 4 is 17.5 Å². The fraction of sp³-hybridized carbons (Fsp3) is 0.250. The lowest BCUT2D eigenvalue weighted by atomic mass is 10.3. The molecule has 0 radical (unpaired) electrons. The summed E-state index contributed by atoms with van der Waals surface area (Å²) >= 11 is 0. The van der Waals surface area contributed by atoms with Crippen LogP contribution in [0, 0.1) is 6.92 Å². The molecule has 0 aromatic carbocycles. The van der Waals surface area contributed by atoms with Gasteiger partial charge in [-0.15, -0.1) is 0 Å². The molecule has 7 nitrogen and oxygen atoms in total. The molecular weight excluding hydrogens is 250 g/mol. The second kappa shape index (κ2) is 5.07. The summed E-state index contributed by atoms with van der Waals surface area (Å²) in [6, 6.07) is 5.47. The number of aliphatic hydroxyl groups excluding tert-OH is 1. The van der Waals surface area contributed by atoms with E-state index in [1.807, 2.05) is 19.1 Å². The van der Waals surface area contributed by atoms with E-state index >= 15 is 0 Å². The van der Waals surface area contributed by atoms with E-state index in [-0.39, 0.29) is 12.2 Å². The Hall–Kier alpha value is -2.41. The number of aliphatic carboxylic acids is 1. The number of carboxylic acids is 1. The first-order valence-electron chi connectivity index (χ1n) is 5.63. The van der Waals surface area contributed by atoms with Crippen LogP contribution in [0.2, 0.25) is 0 Å². The molecule has 2 aromatic heterocycles. The molecule has 1 amide bonds. The van der Waals surface area contributed by atoms with Gasteiger partial charge in [-0.2, -0.15) is 0 Å². The zero-order valence-corrected chi connectivity index (χ0v) is 10.2. The average Bonchev–Trinajstić information content (AvgIpc) is 2.80. The van der Waals surface area contributed by atoms with Gasteiger partial charge >= 0.3 is 5.97 Å². The van der Waals surface area contributed by atoms with Crippen LogP contribution in [-0.2, 0) is 4.79 Å². The number of aromatic nitrogens is 2.